The summed E-state index contributed by atoms with van der Waals surface area (Å²) in [6, 6.07) is 0. The summed E-state index contributed by atoms with van der Waals surface area (Å²) in [5.41, 5.74) is 0.801. The van der Waals surface area contributed by atoms with Crippen molar-refractivity contribution in [3.63, 3.8) is 0 Å². The predicted octanol–water partition coefficient (Wildman–Crippen LogP) is 3.02. The highest BCUT2D eigenvalue weighted by Gasteiger charge is 2.29. The van der Waals surface area contributed by atoms with Crippen LogP contribution in [0.4, 0.5) is 11.5 Å². The van der Waals surface area contributed by atoms with E-state index in [0.717, 1.165) is 6.54 Å². The Labute approximate surface area is 113 Å². The van der Waals surface area contributed by atoms with Crippen LogP contribution in [-0.2, 0) is 7.05 Å². The lowest BCUT2D eigenvalue weighted by Crippen LogP contribution is -2.29. The van der Waals surface area contributed by atoms with E-state index < -0.39 is 0 Å². The highest BCUT2D eigenvalue weighted by atomic mass is 16.6. The number of aromatic nitrogens is 2. The Hall–Kier alpha value is -1.59. The summed E-state index contributed by atoms with van der Waals surface area (Å²) in [7, 11) is 1.74. The Kier molecular flexibility index (Phi) is 3.78. The number of hydrogen-bond donors (Lipinski definition) is 1. The second kappa shape index (κ2) is 5.19. The first-order valence-electron chi connectivity index (χ1n) is 6.85. The minimum atomic E-state index is -0.353. The summed E-state index contributed by atoms with van der Waals surface area (Å²) in [6.07, 6.45) is 6.19. The molecule has 0 aliphatic heterocycles. The quantitative estimate of drug-likeness (QED) is 0.671. The molecule has 0 spiro atoms. The molecule has 1 aliphatic carbocycles. The van der Waals surface area contributed by atoms with Crippen LogP contribution in [0, 0.1) is 22.5 Å². The molecule has 1 saturated carbocycles. The van der Waals surface area contributed by atoms with Crippen molar-refractivity contribution in [1.82, 2.24) is 9.78 Å². The molecular formula is C13H22N4O2. The first kappa shape index (κ1) is 13.8. The normalized spacial score (nSPS) is 18.3. The van der Waals surface area contributed by atoms with Crippen molar-refractivity contribution in [3.05, 3.63) is 15.8 Å². The van der Waals surface area contributed by atoms with Gasteiger partial charge in [-0.15, -0.1) is 0 Å². The van der Waals surface area contributed by atoms with Crippen LogP contribution in [0.2, 0.25) is 0 Å². The number of rotatable bonds is 4. The SMILES string of the molecule is Cc1nn(C)c(NCC2(C)CCCCC2)c1[N+](=O)[O-]. The van der Waals surface area contributed by atoms with Crippen molar-refractivity contribution in [3.8, 4) is 0 Å². The summed E-state index contributed by atoms with van der Waals surface area (Å²) < 4.78 is 1.57. The summed E-state index contributed by atoms with van der Waals surface area (Å²) in [4.78, 5) is 10.7. The minimum absolute atomic E-state index is 0.0990. The molecule has 6 heteroatoms. The lowest BCUT2D eigenvalue weighted by atomic mass is 9.76. The van der Waals surface area contributed by atoms with Crippen molar-refractivity contribution in [2.75, 3.05) is 11.9 Å². The summed E-state index contributed by atoms with van der Waals surface area (Å²) >= 11 is 0. The van der Waals surface area contributed by atoms with E-state index in [0.29, 0.717) is 11.5 Å². The Morgan fingerprint density at radius 3 is 2.63 bits per heavy atom. The zero-order valence-electron chi connectivity index (χ0n) is 11.9. The molecule has 0 atom stereocenters. The molecule has 6 nitrogen and oxygen atoms in total. The largest absolute Gasteiger partial charge is 0.364 e. The third kappa shape index (κ3) is 2.88. The highest BCUT2D eigenvalue weighted by Crippen LogP contribution is 2.37. The van der Waals surface area contributed by atoms with Crippen molar-refractivity contribution in [1.29, 1.82) is 0 Å². The van der Waals surface area contributed by atoms with Gasteiger partial charge in [-0.3, -0.25) is 10.1 Å². The second-order valence-corrected chi connectivity index (χ2v) is 5.89. The van der Waals surface area contributed by atoms with Gasteiger partial charge in [-0.25, -0.2) is 4.68 Å². The average Bonchev–Trinajstić information content (AvgIpc) is 2.62. The minimum Gasteiger partial charge on any atom is -0.364 e. The maximum Gasteiger partial charge on any atom is 0.333 e. The highest BCUT2D eigenvalue weighted by molar-refractivity contribution is 5.59. The van der Waals surface area contributed by atoms with Gasteiger partial charge in [0.05, 0.1) is 4.92 Å². The van der Waals surface area contributed by atoms with E-state index in [1.807, 2.05) is 0 Å². The topological polar surface area (TPSA) is 73.0 Å². The number of nitro groups is 1. The lowest BCUT2D eigenvalue weighted by molar-refractivity contribution is -0.384. The van der Waals surface area contributed by atoms with Crippen LogP contribution < -0.4 is 5.32 Å². The van der Waals surface area contributed by atoms with Crippen molar-refractivity contribution in [2.24, 2.45) is 12.5 Å². The standard InChI is InChI=1S/C13H22N4O2/c1-10-11(17(18)19)12(16(3)15-10)14-9-13(2)7-5-4-6-8-13/h14H,4-9H2,1-3H3. The first-order valence-corrected chi connectivity index (χ1v) is 6.85. The zero-order valence-corrected chi connectivity index (χ0v) is 11.9. The molecule has 1 aliphatic rings. The zero-order chi connectivity index (χ0) is 14.0. The number of nitrogens with one attached hydrogen (secondary N) is 1. The van der Waals surface area contributed by atoms with Gasteiger partial charge in [0, 0.05) is 13.6 Å². The van der Waals surface area contributed by atoms with Crippen molar-refractivity contribution < 1.29 is 4.92 Å². The Bertz CT molecular complexity index is 475. The fraction of sp³-hybridized carbons (Fsp3) is 0.769. The Morgan fingerprint density at radius 1 is 1.42 bits per heavy atom. The van der Waals surface area contributed by atoms with Gasteiger partial charge in [-0.2, -0.15) is 5.10 Å². The van der Waals surface area contributed by atoms with Gasteiger partial charge in [0.25, 0.3) is 0 Å². The molecule has 1 fully saturated rings. The van der Waals surface area contributed by atoms with Gasteiger partial charge < -0.3 is 5.32 Å². The van der Waals surface area contributed by atoms with Gasteiger partial charge in [0.1, 0.15) is 5.69 Å². The molecular weight excluding hydrogens is 244 g/mol. The molecule has 0 radical (unpaired) electrons. The van der Waals surface area contributed by atoms with Crippen molar-refractivity contribution in [2.45, 2.75) is 46.0 Å². The molecule has 1 N–H and O–H groups in total. The molecule has 0 bridgehead atoms. The van der Waals surface area contributed by atoms with Gasteiger partial charge in [-0.05, 0) is 25.2 Å². The van der Waals surface area contributed by atoms with Crippen molar-refractivity contribution >= 4 is 11.5 Å². The number of hydrogen-bond acceptors (Lipinski definition) is 4. The number of aryl methyl sites for hydroxylation is 2. The molecule has 0 unspecified atom stereocenters. The van der Waals surface area contributed by atoms with Gasteiger partial charge in [0.2, 0.25) is 5.82 Å². The van der Waals surface area contributed by atoms with Crippen LogP contribution >= 0.6 is 0 Å². The fourth-order valence-corrected chi connectivity index (χ4v) is 2.94. The molecule has 1 aromatic rings. The van der Waals surface area contributed by atoms with Crippen LogP contribution in [0.15, 0.2) is 0 Å². The summed E-state index contributed by atoms with van der Waals surface area (Å²) in [5, 5.41) is 18.5. The molecule has 19 heavy (non-hydrogen) atoms. The molecule has 0 amide bonds. The van der Waals surface area contributed by atoms with E-state index in [4.69, 9.17) is 0 Å². The maximum absolute atomic E-state index is 11.1. The smallest absolute Gasteiger partial charge is 0.333 e. The molecule has 106 valence electrons. The average molecular weight is 266 g/mol. The Balaban J connectivity index is 2.13. The van der Waals surface area contributed by atoms with Crippen LogP contribution in [0.25, 0.3) is 0 Å². The third-order valence-corrected chi connectivity index (χ3v) is 4.12. The number of nitrogens with zero attached hydrogens (tertiary/aromatic N) is 3. The summed E-state index contributed by atoms with van der Waals surface area (Å²) in [5.74, 6) is 0.522. The van der Waals surface area contributed by atoms with Crippen LogP contribution in [0.1, 0.15) is 44.7 Å². The molecule has 1 heterocycles. The van der Waals surface area contributed by atoms with Gasteiger partial charge in [0.15, 0.2) is 0 Å². The van der Waals surface area contributed by atoms with Gasteiger partial charge >= 0.3 is 5.69 Å². The van der Waals surface area contributed by atoms with E-state index in [1.165, 1.54) is 32.1 Å². The Morgan fingerprint density at radius 2 is 2.05 bits per heavy atom. The monoisotopic (exact) mass is 266 g/mol. The van der Waals surface area contributed by atoms with Gasteiger partial charge in [-0.1, -0.05) is 26.2 Å². The van der Waals surface area contributed by atoms with E-state index in [9.17, 15) is 10.1 Å². The molecule has 0 aromatic carbocycles. The van der Waals surface area contributed by atoms with Crippen LogP contribution in [0.5, 0.6) is 0 Å². The molecule has 0 saturated heterocycles. The third-order valence-electron chi connectivity index (χ3n) is 4.12. The molecule has 2 rings (SSSR count). The second-order valence-electron chi connectivity index (χ2n) is 5.89. The van der Waals surface area contributed by atoms with Crippen LogP contribution in [0.3, 0.4) is 0 Å². The fourth-order valence-electron chi connectivity index (χ4n) is 2.94. The first-order chi connectivity index (χ1) is 8.93. The summed E-state index contributed by atoms with van der Waals surface area (Å²) in [6.45, 7) is 4.70. The van der Waals surface area contributed by atoms with E-state index >= 15 is 0 Å². The van der Waals surface area contributed by atoms with Crippen LogP contribution in [-0.4, -0.2) is 21.2 Å². The van der Waals surface area contributed by atoms with E-state index in [1.54, 1.807) is 18.7 Å². The lowest BCUT2D eigenvalue weighted by Gasteiger charge is -2.33. The van der Waals surface area contributed by atoms with E-state index in [2.05, 4.69) is 17.3 Å². The number of anilines is 1. The maximum atomic E-state index is 11.1. The molecule has 1 aromatic heterocycles. The van der Waals surface area contributed by atoms with E-state index in [-0.39, 0.29) is 16.0 Å². The predicted molar refractivity (Wildman–Crippen MR) is 74.3 cm³/mol.